The summed E-state index contributed by atoms with van der Waals surface area (Å²) in [5.41, 5.74) is 0.613. The molecule has 4 heteroatoms. The molecule has 1 atom stereocenters. The molecule has 0 radical (unpaired) electrons. The Bertz CT molecular complexity index is 391. The van der Waals surface area contributed by atoms with Gasteiger partial charge in [-0.2, -0.15) is 0 Å². The van der Waals surface area contributed by atoms with E-state index in [0.29, 0.717) is 11.5 Å². The van der Waals surface area contributed by atoms with E-state index in [0.717, 1.165) is 32.6 Å². The SMILES string of the molecule is CC(NCC1CCOCC1)c1cc(F)ccc1O. The number of ether oxygens (including phenoxy) is 1. The van der Waals surface area contributed by atoms with Crippen molar-refractivity contribution in [3.63, 3.8) is 0 Å². The van der Waals surface area contributed by atoms with E-state index in [4.69, 9.17) is 4.74 Å². The molecule has 1 aromatic carbocycles. The van der Waals surface area contributed by atoms with E-state index in [1.165, 1.54) is 18.2 Å². The molecule has 1 aromatic rings. The van der Waals surface area contributed by atoms with Crippen LogP contribution in [0.5, 0.6) is 5.75 Å². The monoisotopic (exact) mass is 253 g/mol. The van der Waals surface area contributed by atoms with Gasteiger partial charge in [0.05, 0.1) is 0 Å². The van der Waals surface area contributed by atoms with Crippen molar-refractivity contribution in [1.29, 1.82) is 0 Å². The van der Waals surface area contributed by atoms with Crippen LogP contribution in [0.4, 0.5) is 4.39 Å². The van der Waals surface area contributed by atoms with E-state index < -0.39 is 0 Å². The molecule has 100 valence electrons. The van der Waals surface area contributed by atoms with Gasteiger partial charge in [0.15, 0.2) is 0 Å². The second-order valence-electron chi connectivity index (χ2n) is 4.89. The summed E-state index contributed by atoms with van der Waals surface area (Å²) in [5.74, 6) is 0.433. The lowest BCUT2D eigenvalue weighted by atomic mass is 9.99. The predicted octanol–water partition coefficient (Wildman–Crippen LogP) is 2.61. The summed E-state index contributed by atoms with van der Waals surface area (Å²) in [4.78, 5) is 0. The quantitative estimate of drug-likeness (QED) is 0.866. The van der Waals surface area contributed by atoms with Crippen molar-refractivity contribution in [2.45, 2.75) is 25.8 Å². The minimum Gasteiger partial charge on any atom is -0.508 e. The van der Waals surface area contributed by atoms with Crippen LogP contribution in [0, 0.1) is 11.7 Å². The van der Waals surface area contributed by atoms with Gasteiger partial charge in [0.1, 0.15) is 11.6 Å². The van der Waals surface area contributed by atoms with Gasteiger partial charge in [0.2, 0.25) is 0 Å². The van der Waals surface area contributed by atoms with Gasteiger partial charge in [-0.3, -0.25) is 0 Å². The third-order valence-electron chi connectivity index (χ3n) is 3.51. The van der Waals surface area contributed by atoms with Crippen molar-refractivity contribution in [1.82, 2.24) is 5.32 Å². The second kappa shape index (κ2) is 6.16. The molecule has 0 bridgehead atoms. The van der Waals surface area contributed by atoms with Gasteiger partial charge in [-0.05, 0) is 50.4 Å². The predicted molar refractivity (Wildman–Crippen MR) is 68.0 cm³/mol. The number of hydrogen-bond donors (Lipinski definition) is 2. The Labute approximate surface area is 107 Å². The highest BCUT2D eigenvalue weighted by atomic mass is 19.1. The average molecular weight is 253 g/mol. The maximum atomic E-state index is 13.1. The zero-order chi connectivity index (χ0) is 13.0. The summed E-state index contributed by atoms with van der Waals surface area (Å²) < 4.78 is 18.5. The molecule has 0 spiro atoms. The zero-order valence-electron chi connectivity index (χ0n) is 10.7. The van der Waals surface area contributed by atoms with E-state index in [9.17, 15) is 9.50 Å². The van der Waals surface area contributed by atoms with Crippen molar-refractivity contribution in [3.05, 3.63) is 29.6 Å². The molecule has 18 heavy (non-hydrogen) atoms. The fraction of sp³-hybridized carbons (Fsp3) is 0.571. The van der Waals surface area contributed by atoms with Crippen molar-refractivity contribution in [2.75, 3.05) is 19.8 Å². The number of nitrogens with one attached hydrogen (secondary N) is 1. The molecule has 0 amide bonds. The molecule has 1 fully saturated rings. The molecule has 0 aromatic heterocycles. The lowest BCUT2D eigenvalue weighted by Crippen LogP contribution is -2.29. The number of rotatable bonds is 4. The van der Waals surface area contributed by atoms with Crippen LogP contribution in [0.1, 0.15) is 31.4 Å². The van der Waals surface area contributed by atoms with Crippen LogP contribution < -0.4 is 5.32 Å². The van der Waals surface area contributed by atoms with Crippen molar-refractivity contribution >= 4 is 0 Å². The van der Waals surface area contributed by atoms with Crippen LogP contribution in [-0.2, 0) is 4.74 Å². The van der Waals surface area contributed by atoms with Crippen LogP contribution in [0.3, 0.4) is 0 Å². The van der Waals surface area contributed by atoms with Crippen molar-refractivity contribution in [3.8, 4) is 5.75 Å². The number of aromatic hydroxyl groups is 1. The molecular weight excluding hydrogens is 233 g/mol. The first-order chi connectivity index (χ1) is 8.66. The smallest absolute Gasteiger partial charge is 0.123 e. The highest BCUT2D eigenvalue weighted by Crippen LogP contribution is 2.25. The minimum absolute atomic E-state index is 0.0523. The summed E-state index contributed by atoms with van der Waals surface area (Å²) in [6.07, 6.45) is 2.13. The summed E-state index contributed by atoms with van der Waals surface area (Å²) >= 11 is 0. The minimum atomic E-state index is -0.317. The first kappa shape index (κ1) is 13.3. The lowest BCUT2D eigenvalue weighted by Gasteiger charge is -2.24. The third-order valence-corrected chi connectivity index (χ3v) is 3.51. The summed E-state index contributed by atoms with van der Waals surface area (Å²) in [6, 6.07) is 4.00. The number of phenolic OH excluding ortho intramolecular Hbond substituents is 1. The Morgan fingerprint density at radius 1 is 1.44 bits per heavy atom. The van der Waals surface area contributed by atoms with Gasteiger partial charge < -0.3 is 15.2 Å². The van der Waals surface area contributed by atoms with Gasteiger partial charge in [-0.25, -0.2) is 4.39 Å². The fourth-order valence-electron chi connectivity index (χ4n) is 2.28. The topological polar surface area (TPSA) is 41.5 Å². The summed E-state index contributed by atoms with van der Waals surface area (Å²) in [7, 11) is 0. The van der Waals surface area contributed by atoms with Crippen LogP contribution >= 0.6 is 0 Å². The molecule has 1 aliphatic rings. The van der Waals surface area contributed by atoms with Crippen molar-refractivity contribution in [2.24, 2.45) is 5.92 Å². The largest absolute Gasteiger partial charge is 0.508 e. The molecule has 0 saturated carbocycles. The first-order valence-corrected chi connectivity index (χ1v) is 6.46. The average Bonchev–Trinajstić information content (AvgIpc) is 2.40. The summed E-state index contributed by atoms with van der Waals surface area (Å²) in [6.45, 7) is 4.46. The van der Waals surface area contributed by atoms with E-state index in [1.54, 1.807) is 0 Å². The maximum Gasteiger partial charge on any atom is 0.123 e. The second-order valence-corrected chi connectivity index (χ2v) is 4.89. The molecule has 2 N–H and O–H groups in total. The van der Waals surface area contributed by atoms with Crippen LogP contribution in [-0.4, -0.2) is 24.9 Å². The third kappa shape index (κ3) is 3.43. The Morgan fingerprint density at radius 2 is 2.17 bits per heavy atom. The normalized spacial score (nSPS) is 18.8. The number of benzene rings is 1. The summed E-state index contributed by atoms with van der Waals surface area (Å²) in [5, 5.41) is 13.1. The van der Waals surface area contributed by atoms with E-state index in [2.05, 4.69) is 5.32 Å². The standard InChI is InChI=1S/C14H20FNO2/c1-10(13-8-12(15)2-3-14(13)17)16-9-11-4-6-18-7-5-11/h2-3,8,10-11,16-17H,4-7,9H2,1H3. The molecule has 2 rings (SSSR count). The van der Waals surface area contributed by atoms with Gasteiger partial charge >= 0.3 is 0 Å². The van der Waals surface area contributed by atoms with Crippen LogP contribution in [0.25, 0.3) is 0 Å². The van der Waals surface area contributed by atoms with Gasteiger partial charge in [-0.1, -0.05) is 0 Å². The molecule has 1 saturated heterocycles. The fourth-order valence-corrected chi connectivity index (χ4v) is 2.28. The molecule has 1 heterocycles. The van der Waals surface area contributed by atoms with E-state index in [1.807, 2.05) is 6.92 Å². The number of hydrogen-bond acceptors (Lipinski definition) is 3. The highest BCUT2D eigenvalue weighted by Gasteiger charge is 2.16. The molecule has 3 nitrogen and oxygen atoms in total. The van der Waals surface area contributed by atoms with Crippen molar-refractivity contribution < 1.29 is 14.2 Å². The van der Waals surface area contributed by atoms with Gasteiger partial charge in [-0.15, -0.1) is 0 Å². The van der Waals surface area contributed by atoms with Crippen LogP contribution in [0.15, 0.2) is 18.2 Å². The molecule has 0 aliphatic carbocycles. The number of phenols is 1. The zero-order valence-corrected chi connectivity index (χ0v) is 10.7. The molecular formula is C14H20FNO2. The van der Waals surface area contributed by atoms with Gasteiger partial charge in [0, 0.05) is 24.8 Å². The Hall–Kier alpha value is -1.13. The van der Waals surface area contributed by atoms with E-state index >= 15 is 0 Å². The lowest BCUT2D eigenvalue weighted by molar-refractivity contribution is 0.0656. The Morgan fingerprint density at radius 3 is 2.89 bits per heavy atom. The van der Waals surface area contributed by atoms with E-state index in [-0.39, 0.29) is 17.6 Å². The molecule has 1 unspecified atom stereocenters. The van der Waals surface area contributed by atoms with Crippen LogP contribution in [0.2, 0.25) is 0 Å². The maximum absolute atomic E-state index is 13.1. The Kier molecular flexibility index (Phi) is 4.55. The molecule has 1 aliphatic heterocycles. The Balaban J connectivity index is 1.90. The van der Waals surface area contributed by atoms with Gasteiger partial charge in [0.25, 0.3) is 0 Å². The highest BCUT2D eigenvalue weighted by molar-refractivity contribution is 5.34. The first-order valence-electron chi connectivity index (χ1n) is 6.46. The number of halogens is 1.